The molecule has 1 saturated heterocycles. The van der Waals surface area contributed by atoms with Crippen LogP contribution in [-0.2, 0) is 25.7 Å². The number of methoxy groups -OCH3 is 3. The first-order chi connectivity index (χ1) is 17.8. The van der Waals surface area contributed by atoms with Crippen LogP contribution in [0.4, 0.5) is 4.39 Å². The first-order valence-corrected chi connectivity index (χ1v) is 12.1. The highest BCUT2D eigenvalue weighted by atomic mass is 35.5. The summed E-state index contributed by atoms with van der Waals surface area (Å²) in [6.45, 7) is 6.77. The van der Waals surface area contributed by atoms with Gasteiger partial charge in [0.15, 0.2) is 7.11 Å². The zero-order valence-electron chi connectivity index (χ0n) is 24.3. The van der Waals surface area contributed by atoms with E-state index in [4.69, 9.17) is 14.2 Å². The molecule has 2 aromatic carbocycles. The Morgan fingerprint density at radius 1 is 0.947 bits per heavy atom. The summed E-state index contributed by atoms with van der Waals surface area (Å²) >= 11 is 4.64. The molecule has 38 heavy (non-hydrogen) atoms. The fraction of sp³-hybridized carbons (Fsp3) is 0.571. The summed E-state index contributed by atoms with van der Waals surface area (Å²) in [6.07, 6.45) is 1.47. The normalized spacial score (nSPS) is 10.7. The highest BCUT2D eigenvalue weighted by Gasteiger charge is 2.02. The smallest absolute Gasteiger partial charge is 0.239 e. The molecule has 1 fully saturated rings. The molecule has 0 aliphatic carbocycles. The van der Waals surface area contributed by atoms with Gasteiger partial charge in [-0.1, -0.05) is 49.9 Å². The van der Waals surface area contributed by atoms with E-state index in [1.165, 1.54) is 31.7 Å². The topological polar surface area (TPSA) is 69.5 Å². The molecule has 0 bridgehead atoms. The van der Waals surface area contributed by atoms with Gasteiger partial charge in [-0.25, -0.2) is 4.84 Å². The fourth-order valence-corrected chi connectivity index (χ4v) is 2.14. The van der Waals surface area contributed by atoms with Crippen molar-refractivity contribution in [1.82, 2.24) is 4.90 Å². The summed E-state index contributed by atoms with van der Waals surface area (Å²) < 4.78 is 28.8. The Labute approximate surface area is 236 Å². The van der Waals surface area contributed by atoms with Crippen molar-refractivity contribution in [2.75, 3.05) is 89.5 Å². The highest BCUT2D eigenvalue weighted by Crippen LogP contribution is 2.10. The third kappa shape index (κ3) is 38.2. The predicted octanol–water partition coefficient (Wildman–Crippen LogP) is 6.08. The van der Waals surface area contributed by atoms with Gasteiger partial charge >= 0.3 is 0 Å². The van der Waals surface area contributed by atoms with Gasteiger partial charge in [-0.2, -0.15) is 0 Å². The maximum Gasteiger partial charge on any atom is 0.239 e. The van der Waals surface area contributed by atoms with Crippen molar-refractivity contribution in [2.45, 2.75) is 21.0 Å². The van der Waals surface area contributed by atoms with Crippen LogP contribution >= 0.6 is 11.6 Å². The number of hydrogen-bond donors (Lipinski definition) is 0. The number of hydrogen-bond acceptors (Lipinski definition) is 7. The lowest BCUT2D eigenvalue weighted by Crippen LogP contribution is -2.32. The Balaban J connectivity index is -0.000000119. The first-order valence-electron chi connectivity index (χ1n) is 11.3. The van der Waals surface area contributed by atoms with Gasteiger partial charge in [0, 0.05) is 40.8 Å². The molecule has 0 aromatic heterocycles. The zero-order chi connectivity index (χ0) is 29.3. The molecule has 224 valence electrons. The second-order valence-corrected chi connectivity index (χ2v) is 6.89. The van der Waals surface area contributed by atoms with Crippen LogP contribution in [0.2, 0.25) is 0 Å². The minimum absolute atomic E-state index is 0. The summed E-state index contributed by atoms with van der Waals surface area (Å²) in [7, 11) is 11.8. The summed E-state index contributed by atoms with van der Waals surface area (Å²) in [5.74, 6) is 0.926. The number of halogens is 2. The average Bonchev–Trinajstić information content (AvgIpc) is 2.94. The Hall–Kier alpha value is -2.30. The summed E-state index contributed by atoms with van der Waals surface area (Å²) in [5.41, 5.74) is 2.45. The Kier molecular flexibility index (Phi) is 47.1. The lowest BCUT2D eigenvalue weighted by Gasteiger charge is -2.21. The molecule has 0 atom stereocenters. The van der Waals surface area contributed by atoms with Crippen molar-refractivity contribution in [3.63, 3.8) is 0 Å². The van der Waals surface area contributed by atoms with E-state index in [-0.39, 0.29) is 7.43 Å². The van der Waals surface area contributed by atoms with Crippen LogP contribution in [0.15, 0.2) is 54.6 Å². The van der Waals surface area contributed by atoms with E-state index in [1.807, 2.05) is 61.5 Å². The number of benzene rings is 2. The van der Waals surface area contributed by atoms with Crippen molar-refractivity contribution in [1.29, 1.82) is 0 Å². The van der Waals surface area contributed by atoms with Gasteiger partial charge in [-0.15, -0.1) is 11.6 Å². The van der Waals surface area contributed by atoms with Crippen LogP contribution in [-0.4, -0.2) is 99.3 Å². The molecular weight excluding hydrogens is 515 g/mol. The SMILES string of the molecule is C.CCl.CF.CN1CCOCC1.COC.COCc1ccccc1.CO[N+](C)=O.COc1cccc(C)c1. The van der Waals surface area contributed by atoms with Gasteiger partial charge < -0.3 is 23.8 Å². The lowest BCUT2D eigenvalue weighted by atomic mass is 10.2. The van der Waals surface area contributed by atoms with Crippen molar-refractivity contribution < 1.29 is 33.1 Å². The molecule has 10 heteroatoms. The van der Waals surface area contributed by atoms with E-state index in [9.17, 15) is 9.30 Å². The second-order valence-electron chi connectivity index (χ2n) is 6.89. The predicted molar refractivity (Wildman–Crippen MR) is 158 cm³/mol. The summed E-state index contributed by atoms with van der Waals surface area (Å²) in [4.78, 5) is 16.2. The van der Waals surface area contributed by atoms with Gasteiger partial charge in [0.05, 0.1) is 39.0 Å². The lowest BCUT2D eigenvalue weighted by molar-refractivity contribution is -0.776. The molecule has 0 spiro atoms. The van der Waals surface area contributed by atoms with Gasteiger partial charge in [0.25, 0.3) is 0 Å². The third-order valence-electron chi connectivity index (χ3n) is 3.87. The second kappa shape index (κ2) is 39.2. The van der Waals surface area contributed by atoms with Gasteiger partial charge in [0.2, 0.25) is 12.0 Å². The molecule has 1 heterocycles. The molecule has 1 aliphatic heterocycles. The summed E-state index contributed by atoms with van der Waals surface area (Å²) in [6, 6.07) is 18.1. The number of morpholine rings is 1. The number of likely N-dealkylation sites (N-methyl/N-ethyl adjacent to an activating group) is 1. The minimum Gasteiger partial charge on any atom is -0.497 e. The van der Waals surface area contributed by atoms with Crippen LogP contribution < -0.4 is 4.74 Å². The number of aryl methyl sites for hydroxylation is 1. The fourth-order valence-electron chi connectivity index (χ4n) is 2.14. The third-order valence-corrected chi connectivity index (χ3v) is 3.87. The minimum atomic E-state index is 0. The van der Waals surface area contributed by atoms with E-state index >= 15 is 0 Å². The molecule has 0 radical (unpaired) electrons. The van der Waals surface area contributed by atoms with Crippen LogP contribution in [0, 0.1) is 11.8 Å². The molecule has 0 unspecified atom stereocenters. The molecule has 0 N–H and O–H groups in total. The number of nitrogens with zero attached hydrogens (tertiary/aromatic N) is 2. The zero-order valence-corrected chi connectivity index (χ0v) is 25.1. The molecule has 3 rings (SSSR count). The van der Waals surface area contributed by atoms with Crippen LogP contribution in [0.5, 0.6) is 5.75 Å². The van der Waals surface area contributed by atoms with Crippen LogP contribution in [0.3, 0.4) is 0 Å². The first kappa shape index (κ1) is 45.6. The summed E-state index contributed by atoms with van der Waals surface area (Å²) in [5, 5.41) is 0. The maximum absolute atomic E-state index is 9.51. The van der Waals surface area contributed by atoms with E-state index in [0.29, 0.717) is 18.7 Å². The van der Waals surface area contributed by atoms with Crippen LogP contribution in [0.25, 0.3) is 0 Å². The maximum atomic E-state index is 9.51. The van der Waals surface area contributed by atoms with Crippen molar-refractivity contribution in [3.8, 4) is 5.75 Å². The van der Waals surface area contributed by atoms with Crippen molar-refractivity contribution in [3.05, 3.63) is 70.6 Å². The average molecular weight is 568 g/mol. The van der Waals surface area contributed by atoms with E-state index in [0.717, 1.165) is 32.1 Å². The molecule has 2 aromatic rings. The quantitative estimate of drug-likeness (QED) is 0.327. The van der Waals surface area contributed by atoms with Crippen LogP contribution in [0.1, 0.15) is 18.6 Å². The van der Waals surface area contributed by atoms with E-state index in [2.05, 4.69) is 33.1 Å². The van der Waals surface area contributed by atoms with Gasteiger partial charge in [-0.05, 0) is 37.2 Å². The largest absolute Gasteiger partial charge is 0.497 e. The standard InChI is InChI=1S/2C8H10O.C5H11NO.C2H6NO2.C2H6O.CH3Cl.CH3F.CH4/c1-7-4-3-5-8(6-7)9-2;1-9-7-8-5-3-2-4-6-8;1-6-2-4-7-5-3-6;1-3(4)5-2;1-3-2;2*1-2;/h3-6H,1-2H3;2-6H,7H2,1H3;2-5H2,1H3;1-2H3;1-2H3;2*1H3;1H4/q;;;+1;;;;. The molecule has 0 amide bonds. The molecule has 8 nitrogen and oxygen atoms in total. The monoisotopic (exact) mass is 567 g/mol. The van der Waals surface area contributed by atoms with E-state index in [1.54, 1.807) is 28.4 Å². The molecule has 0 saturated carbocycles. The number of alkyl halides is 2. The van der Waals surface area contributed by atoms with Gasteiger partial charge in [0.1, 0.15) is 5.75 Å². The Morgan fingerprint density at radius 3 is 1.71 bits per heavy atom. The van der Waals surface area contributed by atoms with Crippen molar-refractivity contribution >= 4 is 11.6 Å². The van der Waals surface area contributed by atoms with Crippen molar-refractivity contribution in [2.24, 2.45) is 0 Å². The highest BCUT2D eigenvalue weighted by molar-refractivity contribution is 6.15. The Morgan fingerprint density at radius 2 is 1.42 bits per heavy atom. The van der Waals surface area contributed by atoms with Gasteiger partial charge in [-0.3, -0.25) is 4.39 Å². The van der Waals surface area contributed by atoms with E-state index < -0.39 is 0 Å². The Bertz CT molecular complexity index is 694. The number of ether oxygens (including phenoxy) is 4. The molecular formula is C28H53ClFN2O6+. The number of rotatable bonds is 4. The molecule has 1 aliphatic rings.